The number of methoxy groups -OCH3 is 2. The van der Waals surface area contributed by atoms with Gasteiger partial charge in [0.05, 0.1) is 49.3 Å². The summed E-state index contributed by atoms with van der Waals surface area (Å²) in [5, 5.41) is 11.6. The van der Waals surface area contributed by atoms with Gasteiger partial charge in [0.2, 0.25) is 0 Å². The van der Waals surface area contributed by atoms with E-state index in [1.165, 1.54) is 18.0 Å². The number of nitrogens with zero attached hydrogens (tertiary/aromatic N) is 4. The highest BCUT2D eigenvalue weighted by atomic mass is 16.5. The molecule has 0 saturated carbocycles. The first-order valence-corrected chi connectivity index (χ1v) is 10.4. The molecule has 8 nitrogen and oxygen atoms in total. The number of rotatable bonds is 6. The summed E-state index contributed by atoms with van der Waals surface area (Å²) in [4.78, 5) is 24.3. The Morgan fingerprint density at radius 1 is 1.13 bits per heavy atom. The lowest BCUT2D eigenvalue weighted by atomic mass is 9.91. The van der Waals surface area contributed by atoms with Crippen LogP contribution in [0.15, 0.2) is 41.5 Å². The summed E-state index contributed by atoms with van der Waals surface area (Å²) in [6, 6.07) is 9.35. The fourth-order valence-corrected chi connectivity index (χ4v) is 4.12. The summed E-state index contributed by atoms with van der Waals surface area (Å²) in [5.41, 5.74) is 1.41. The van der Waals surface area contributed by atoms with Crippen LogP contribution in [0.1, 0.15) is 24.2 Å². The molecule has 31 heavy (non-hydrogen) atoms. The van der Waals surface area contributed by atoms with Crippen LogP contribution in [0.2, 0.25) is 0 Å². The van der Waals surface area contributed by atoms with Gasteiger partial charge in [-0.2, -0.15) is 0 Å². The molecule has 2 aromatic heterocycles. The number of likely N-dealkylation sites (tertiary alicyclic amines) is 1. The van der Waals surface area contributed by atoms with Crippen LogP contribution in [-0.4, -0.2) is 57.5 Å². The summed E-state index contributed by atoms with van der Waals surface area (Å²) in [5.74, 6) is 0.997. The van der Waals surface area contributed by atoms with E-state index in [1.54, 1.807) is 19.2 Å². The zero-order valence-corrected chi connectivity index (χ0v) is 18.2. The number of aryl methyl sites for hydroxylation is 1. The van der Waals surface area contributed by atoms with Crippen LogP contribution >= 0.6 is 0 Å². The van der Waals surface area contributed by atoms with E-state index < -0.39 is 5.60 Å². The smallest absolute Gasteiger partial charge is 0.261 e. The third-order valence-corrected chi connectivity index (χ3v) is 5.91. The molecule has 1 aromatic carbocycles. The summed E-state index contributed by atoms with van der Waals surface area (Å²) in [7, 11) is 3.07. The quantitative estimate of drug-likeness (QED) is 0.648. The molecule has 164 valence electrons. The van der Waals surface area contributed by atoms with Crippen molar-refractivity contribution in [2.75, 3.05) is 27.3 Å². The molecule has 4 rings (SSSR count). The molecule has 3 heterocycles. The van der Waals surface area contributed by atoms with Crippen molar-refractivity contribution < 1.29 is 14.6 Å². The van der Waals surface area contributed by atoms with Crippen molar-refractivity contribution in [3.8, 4) is 11.5 Å². The third-order valence-electron chi connectivity index (χ3n) is 5.91. The standard InChI is InChI=1S/C23H28N4O4/c1-16-5-4-6-17(25-16)13-26-9-7-23(29,8-10-26)14-27-15-24-19-12-21(31-3)20(30-2)11-18(19)22(27)28/h4-6,11-12,15,29H,7-10,13-14H2,1-3H3. The minimum atomic E-state index is -0.952. The number of aliphatic hydroxyl groups is 1. The maximum Gasteiger partial charge on any atom is 0.261 e. The van der Waals surface area contributed by atoms with E-state index in [2.05, 4.69) is 14.9 Å². The molecule has 1 fully saturated rings. The zero-order chi connectivity index (χ0) is 22.0. The molecule has 1 aliphatic heterocycles. The van der Waals surface area contributed by atoms with E-state index in [4.69, 9.17) is 9.47 Å². The van der Waals surface area contributed by atoms with E-state index in [1.807, 2.05) is 25.1 Å². The molecule has 0 bridgehead atoms. The maximum absolute atomic E-state index is 13.0. The first-order valence-electron chi connectivity index (χ1n) is 10.4. The Labute approximate surface area is 181 Å². The summed E-state index contributed by atoms with van der Waals surface area (Å²) in [6.45, 7) is 4.44. The second kappa shape index (κ2) is 8.64. The van der Waals surface area contributed by atoms with Gasteiger partial charge in [-0.05, 0) is 38.0 Å². The largest absolute Gasteiger partial charge is 0.493 e. The predicted octanol–water partition coefficient (Wildman–Crippen LogP) is 2.14. The lowest BCUT2D eigenvalue weighted by Crippen LogP contribution is -2.47. The molecule has 0 radical (unpaired) electrons. The SMILES string of the molecule is COc1cc2ncn(CC3(O)CCN(Cc4cccc(C)n4)CC3)c(=O)c2cc1OC. The van der Waals surface area contributed by atoms with Gasteiger partial charge >= 0.3 is 0 Å². The molecule has 0 spiro atoms. The highest BCUT2D eigenvalue weighted by Crippen LogP contribution is 2.30. The fourth-order valence-electron chi connectivity index (χ4n) is 4.12. The van der Waals surface area contributed by atoms with Crippen LogP contribution in [0, 0.1) is 6.92 Å². The highest BCUT2D eigenvalue weighted by Gasteiger charge is 2.33. The van der Waals surface area contributed by atoms with Crippen LogP contribution in [0.25, 0.3) is 10.9 Å². The van der Waals surface area contributed by atoms with E-state index in [9.17, 15) is 9.90 Å². The van der Waals surface area contributed by atoms with Crippen LogP contribution in [0.3, 0.4) is 0 Å². The lowest BCUT2D eigenvalue weighted by molar-refractivity contribution is -0.0367. The predicted molar refractivity (Wildman–Crippen MR) is 118 cm³/mol. The normalized spacial score (nSPS) is 16.4. The third kappa shape index (κ3) is 4.55. The first kappa shape index (κ1) is 21.3. The average Bonchev–Trinajstić information content (AvgIpc) is 2.77. The zero-order valence-electron chi connectivity index (χ0n) is 18.2. The molecular weight excluding hydrogens is 396 g/mol. The van der Waals surface area contributed by atoms with Gasteiger partial charge < -0.3 is 14.6 Å². The first-order chi connectivity index (χ1) is 14.9. The van der Waals surface area contributed by atoms with E-state index >= 15 is 0 Å². The Morgan fingerprint density at radius 3 is 2.52 bits per heavy atom. The highest BCUT2D eigenvalue weighted by molar-refractivity contribution is 5.81. The number of pyridine rings is 1. The molecule has 3 aromatic rings. The molecule has 0 aliphatic carbocycles. The second-order valence-corrected chi connectivity index (χ2v) is 8.17. The van der Waals surface area contributed by atoms with Gasteiger partial charge in [-0.15, -0.1) is 0 Å². The Kier molecular flexibility index (Phi) is 5.93. The van der Waals surface area contributed by atoms with Gasteiger partial charge in [0.15, 0.2) is 11.5 Å². The van der Waals surface area contributed by atoms with Crippen LogP contribution in [0.4, 0.5) is 0 Å². The molecule has 0 unspecified atom stereocenters. The molecular formula is C23H28N4O4. The molecule has 0 amide bonds. The van der Waals surface area contributed by atoms with Gasteiger partial charge in [-0.25, -0.2) is 4.98 Å². The van der Waals surface area contributed by atoms with Crippen molar-refractivity contribution in [1.29, 1.82) is 0 Å². The lowest BCUT2D eigenvalue weighted by Gasteiger charge is -2.38. The molecule has 1 N–H and O–H groups in total. The van der Waals surface area contributed by atoms with Crippen molar-refractivity contribution in [1.82, 2.24) is 19.4 Å². The van der Waals surface area contributed by atoms with Gasteiger partial charge in [0.25, 0.3) is 5.56 Å². The Bertz CT molecular complexity index is 1140. The Balaban J connectivity index is 1.48. The van der Waals surface area contributed by atoms with Gasteiger partial charge in [-0.3, -0.25) is 19.2 Å². The number of fused-ring (bicyclic) bond motifs is 1. The minimum Gasteiger partial charge on any atom is -0.493 e. The van der Waals surface area contributed by atoms with E-state index in [0.29, 0.717) is 35.2 Å². The fraction of sp³-hybridized carbons (Fsp3) is 0.435. The average molecular weight is 425 g/mol. The maximum atomic E-state index is 13.0. The second-order valence-electron chi connectivity index (χ2n) is 8.17. The van der Waals surface area contributed by atoms with Gasteiger partial charge in [0.1, 0.15) is 0 Å². The monoisotopic (exact) mass is 424 g/mol. The Hall–Kier alpha value is -2.97. The summed E-state index contributed by atoms with van der Waals surface area (Å²) in [6.07, 6.45) is 2.65. The molecule has 1 aliphatic rings. The topological polar surface area (TPSA) is 89.7 Å². The molecule has 8 heteroatoms. The number of hydrogen-bond acceptors (Lipinski definition) is 7. The van der Waals surface area contributed by atoms with Crippen molar-refractivity contribution in [2.24, 2.45) is 0 Å². The van der Waals surface area contributed by atoms with Gasteiger partial charge in [-0.1, -0.05) is 6.07 Å². The number of aromatic nitrogens is 3. The van der Waals surface area contributed by atoms with Crippen molar-refractivity contribution >= 4 is 10.9 Å². The molecule has 1 saturated heterocycles. The van der Waals surface area contributed by atoms with Crippen molar-refractivity contribution in [3.63, 3.8) is 0 Å². The Morgan fingerprint density at radius 2 is 1.84 bits per heavy atom. The van der Waals surface area contributed by atoms with Crippen LogP contribution < -0.4 is 15.0 Å². The van der Waals surface area contributed by atoms with Crippen LogP contribution in [0.5, 0.6) is 11.5 Å². The number of hydrogen-bond donors (Lipinski definition) is 1. The van der Waals surface area contributed by atoms with Crippen molar-refractivity contribution in [2.45, 2.75) is 38.5 Å². The van der Waals surface area contributed by atoms with E-state index in [0.717, 1.165) is 31.0 Å². The van der Waals surface area contributed by atoms with Crippen molar-refractivity contribution in [3.05, 3.63) is 58.4 Å². The summed E-state index contributed by atoms with van der Waals surface area (Å²) >= 11 is 0. The minimum absolute atomic E-state index is 0.203. The van der Waals surface area contributed by atoms with Crippen LogP contribution in [-0.2, 0) is 13.1 Å². The van der Waals surface area contributed by atoms with Gasteiger partial charge in [0, 0.05) is 31.4 Å². The number of ether oxygens (including phenoxy) is 2. The summed E-state index contributed by atoms with van der Waals surface area (Å²) < 4.78 is 12.1. The number of piperidine rings is 1. The van der Waals surface area contributed by atoms with E-state index in [-0.39, 0.29) is 12.1 Å². The molecule has 0 atom stereocenters. The number of benzene rings is 1.